The molecule has 1 aromatic rings. The van der Waals surface area contributed by atoms with E-state index in [0.29, 0.717) is 12.3 Å². The van der Waals surface area contributed by atoms with E-state index >= 15 is 0 Å². The Morgan fingerprint density at radius 2 is 2.31 bits per heavy atom. The highest BCUT2D eigenvalue weighted by atomic mass is 16.3. The molecule has 88 valence electrons. The van der Waals surface area contributed by atoms with Crippen LogP contribution < -0.4 is 16.4 Å². The van der Waals surface area contributed by atoms with Gasteiger partial charge in [-0.15, -0.1) is 0 Å². The zero-order valence-corrected chi connectivity index (χ0v) is 9.03. The monoisotopic (exact) mass is 225 g/mol. The molecule has 6 heteroatoms. The van der Waals surface area contributed by atoms with Crippen molar-refractivity contribution in [3.05, 3.63) is 24.2 Å². The lowest BCUT2D eigenvalue weighted by atomic mass is 10.3. The molecule has 0 aromatic carbocycles. The van der Waals surface area contributed by atoms with E-state index in [-0.39, 0.29) is 12.5 Å². The minimum atomic E-state index is -0.495. The van der Waals surface area contributed by atoms with Crippen LogP contribution in [0.1, 0.15) is 12.7 Å². The Balaban J connectivity index is 2.26. The van der Waals surface area contributed by atoms with E-state index in [0.717, 1.165) is 0 Å². The number of carbonyl (C=O) groups is 2. The van der Waals surface area contributed by atoms with Gasteiger partial charge in [0.1, 0.15) is 5.76 Å². The number of hydrogen-bond acceptors (Lipinski definition) is 4. The molecule has 2 amide bonds. The summed E-state index contributed by atoms with van der Waals surface area (Å²) in [6.07, 6.45) is 1.54. The van der Waals surface area contributed by atoms with Crippen molar-refractivity contribution in [2.24, 2.45) is 5.73 Å². The smallest absolute Gasteiger partial charge is 0.237 e. The Bertz CT molecular complexity index is 348. The van der Waals surface area contributed by atoms with Crippen molar-refractivity contribution in [3.8, 4) is 0 Å². The van der Waals surface area contributed by atoms with Crippen molar-refractivity contribution < 1.29 is 14.0 Å². The number of furan rings is 1. The van der Waals surface area contributed by atoms with Crippen molar-refractivity contribution in [1.29, 1.82) is 0 Å². The van der Waals surface area contributed by atoms with Gasteiger partial charge in [-0.25, -0.2) is 0 Å². The van der Waals surface area contributed by atoms with Crippen LogP contribution in [0.4, 0.5) is 0 Å². The SMILES string of the molecule is CC(NCC(N)=O)C(=O)NCc1ccco1. The molecule has 0 radical (unpaired) electrons. The molecule has 0 saturated heterocycles. The number of hydrogen-bond donors (Lipinski definition) is 3. The molecule has 1 aromatic heterocycles. The largest absolute Gasteiger partial charge is 0.467 e. The first kappa shape index (κ1) is 12.3. The number of carbonyl (C=O) groups excluding carboxylic acids is 2. The maximum atomic E-state index is 11.5. The molecule has 0 aliphatic rings. The number of nitrogens with two attached hydrogens (primary N) is 1. The first-order valence-electron chi connectivity index (χ1n) is 4.91. The molecular formula is C10H15N3O3. The summed E-state index contributed by atoms with van der Waals surface area (Å²) >= 11 is 0. The highest BCUT2D eigenvalue weighted by molar-refractivity contribution is 5.82. The zero-order valence-electron chi connectivity index (χ0n) is 9.03. The number of rotatable bonds is 6. The van der Waals surface area contributed by atoms with Crippen molar-refractivity contribution in [2.75, 3.05) is 6.54 Å². The fourth-order valence-corrected chi connectivity index (χ4v) is 1.09. The zero-order chi connectivity index (χ0) is 12.0. The van der Waals surface area contributed by atoms with Gasteiger partial charge in [0, 0.05) is 0 Å². The molecule has 0 spiro atoms. The second-order valence-corrected chi connectivity index (χ2v) is 3.37. The predicted molar refractivity (Wildman–Crippen MR) is 57.2 cm³/mol. The van der Waals surface area contributed by atoms with Crippen LogP contribution in [-0.4, -0.2) is 24.4 Å². The van der Waals surface area contributed by atoms with Crippen LogP contribution in [0.15, 0.2) is 22.8 Å². The summed E-state index contributed by atoms with van der Waals surface area (Å²) in [5.74, 6) is -0.0289. The molecule has 16 heavy (non-hydrogen) atoms. The standard InChI is InChI=1S/C10H15N3O3/c1-7(12-6-9(11)14)10(15)13-5-8-3-2-4-16-8/h2-4,7,12H,5-6H2,1H3,(H2,11,14)(H,13,15). The molecule has 1 unspecified atom stereocenters. The fraction of sp³-hybridized carbons (Fsp3) is 0.400. The average molecular weight is 225 g/mol. The first-order valence-corrected chi connectivity index (χ1v) is 4.91. The van der Waals surface area contributed by atoms with Gasteiger partial charge in [-0.05, 0) is 19.1 Å². The van der Waals surface area contributed by atoms with Gasteiger partial charge < -0.3 is 15.5 Å². The molecule has 0 aliphatic carbocycles. The number of amides is 2. The lowest BCUT2D eigenvalue weighted by Gasteiger charge is -2.11. The molecule has 1 rings (SSSR count). The van der Waals surface area contributed by atoms with Crippen LogP contribution in [0.2, 0.25) is 0 Å². The summed E-state index contributed by atoms with van der Waals surface area (Å²) in [6, 6.07) is 3.04. The molecule has 1 heterocycles. The Labute approximate surface area is 93.2 Å². The highest BCUT2D eigenvalue weighted by Crippen LogP contribution is 1.98. The summed E-state index contributed by atoms with van der Waals surface area (Å²) in [4.78, 5) is 22.0. The molecule has 0 aliphatic heterocycles. The van der Waals surface area contributed by atoms with E-state index in [1.165, 1.54) is 6.26 Å². The van der Waals surface area contributed by atoms with Gasteiger partial charge >= 0.3 is 0 Å². The van der Waals surface area contributed by atoms with Crippen LogP contribution in [0, 0.1) is 0 Å². The van der Waals surface area contributed by atoms with E-state index in [1.54, 1.807) is 19.1 Å². The van der Waals surface area contributed by atoms with Crippen LogP contribution in [0.3, 0.4) is 0 Å². The minimum absolute atomic E-state index is 0.0185. The molecule has 0 fully saturated rings. The highest BCUT2D eigenvalue weighted by Gasteiger charge is 2.12. The third kappa shape index (κ3) is 4.14. The van der Waals surface area contributed by atoms with E-state index in [9.17, 15) is 9.59 Å². The van der Waals surface area contributed by atoms with E-state index in [2.05, 4.69) is 10.6 Å². The molecule has 1 atom stereocenters. The first-order chi connectivity index (χ1) is 7.59. The van der Waals surface area contributed by atoms with Gasteiger partial charge in [0.2, 0.25) is 11.8 Å². The second kappa shape index (κ2) is 5.92. The summed E-state index contributed by atoms with van der Waals surface area (Å²) < 4.78 is 5.05. The minimum Gasteiger partial charge on any atom is -0.467 e. The molecule has 0 bridgehead atoms. The number of primary amides is 1. The maximum absolute atomic E-state index is 11.5. The predicted octanol–water partition coefficient (Wildman–Crippen LogP) is -0.641. The van der Waals surface area contributed by atoms with E-state index < -0.39 is 11.9 Å². The Kier molecular flexibility index (Phi) is 4.53. The molecule has 4 N–H and O–H groups in total. The van der Waals surface area contributed by atoms with Crippen LogP contribution in [0.25, 0.3) is 0 Å². The van der Waals surface area contributed by atoms with Gasteiger partial charge in [0.05, 0.1) is 25.4 Å². The van der Waals surface area contributed by atoms with E-state index in [4.69, 9.17) is 10.2 Å². The maximum Gasteiger partial charge on any atom is 0.237 e. The van der Waals surface area contributed by atoms with Gasteiger partial charge in [-0.1, -0.05) is 0 Å². The van der Waals surface area contributed by atoms with Crippen molar-refractivity contribution in [1.82, 2.24) is 10.6 Å². The van der Waals surface area contributed by atoms with Crippen molar-refractivity contribution in [3.63, 3.8) is 0 Å². The summed E-state index contributed by atoms with van der Waals surface area (Å²) in [5.41, 5.74) is 4.94. The van der Waals surface area contributed by atoms with Crippen molar-refractivity contribution in [2.45, 2.75) is 19.5 Å². The van der Waals surface area contributed by atoms with Crippen LogP contribution in [-0.2, 0) is 16.1 Å². The van der Waals surface area contributed by atoms with Gasteiger partial charge in [-0.3, -0.25) is 14.9 Å². The average Bonchev–Trinajstić information content (AvgIpc) is 2.75. The molecule has 6 nitrogen and oxygen atoms in total. The summed E-state index contributed by atoms with van der Waals surface area (Å²) in [5, 5.41) is 5.36. The topological polar surface area (TPSA) is 97.4 Å². The van der Waals surface area contributed by atoms with Gasteiger partial charge in [-0.2, -0.15) is 0 Å². The van der Waals surface area contributed by atoms with Gasteiger partial charge in [0.15, 0.2) is 0 Å². The Morgan fingerprint density at radius 1 is 1.56 bits per heavy atom. The molecular weight excluding hydrogens is 210 g/mol. The van der Waals surface area contributed by atoms with Gasteiger partial charge in [0.25, 0.3) is 0 Å². The third-order valence-electron chi connectivity index (χ3n) is 1.99. The van der Waals surface area contributed by atoms with Crippen LogP contribution in [0.5, 0.6) is 0 Å². The Hall–Kier alpha value is -1.82. The van der Waals surface area contributed by atoms with Crippen molar-refractivity contribution >= 4 is 11.8 Å². The second-order valence-electron chi connectivity index (χ2n) is 3.37. The lowest BCUT2D eigenvalue weighted by molar-refractivity contribution is -0.123. The normalized spacial score (nSPS) is 12.1. The number of nitrogens with one attached hydrogen (secondary N) is 2. The molecule has 0 saturated carbocycles. The summed E-state index contributed by atoms with van der Waals surface area (Å²) in [7, 11) is 0. The Morgan fingerprint density at radius 3 is 2.88 bits per heavy atom. The lowest BCUT2D eigenvalue weighted by Crippen LogP contribution is -2.44. The summed E-state index contributed by atoms with van der Waals surface area (Å²) in [6.45, 7) is 1.96. The quantitative estimate of drug-likeness (QED) is 0.599. The van der Waals surface area contributed by atoms with Crippen LogP contribution >= 0.6 is 0 Å². The van der Waals surface area contributed by atoms with E-state index in [1.807, 2.05) is 0 Å². The fourth-order valence-electron chi connectivity index (χ4n) is 1.09. The third-order valence-corrected chi connectivity index (χ3v) is 1.99.